The van der Waals surface area contributed by atoms with E-state index in [1.165, 1.54) is 6.33 Å². The van der Waals surface area contributed by atoms with E-state index in [-0.39, 0.29) is 5.91 Å². The second-order valence-electron chi connectivity index (χ2n) is 4.93. The van der Waals surface area contributed by atoms with Crippen LogP contribution >= 0.6 is 0 Å². The summed E-state index contributed by atoms with van der Waals surface area (Å²) in [4.78, 5) is 24.3. The lowest BCUT2D eigenvalue weighted by atomic mass is 10.2. The molecule has 2 N–H and O–H groups in total. The van der Waals surface area contributed by atoms with Crippen molar-refractivity contribution in [1.82, 2.24) is 20.3 Å². The number of nitrogens with zero attached hydrogens (tertiary/aromatic N) is 3. The molecular formula is C16H21N5O. The van der Waals surface area contributed by atoms with E-state index in [1.807, 2.05) is 18.2 Å². The molecule has 0 unspecified atom stereocenters. The summed E-state index contributed by atoms with van der Waals surface area (Å²) in [6, 6.07) is 7.38. The summed E-state index contributed by atoms with van der Waals surface area (Å²) in [5, 5.41) is 6.00. The zero-order valence-corrected chi connectivity index (χ0v) is 12.7. The molecule has 0 aliphatic heterocycles. The van der Waals surface area contributed by atoms with Gasteiger partial charge in [-0.2, -0.15) is 0 Å². The highest BCUT2D eigenvalue weighted by Crippen LogP contribution is 2.06. The topological polar surface area (TPSA) is 79.8 Å². The Hall–Kier alpha value is -2.50. The summed E-state index contributed by atoms with van der Waals surface area (Å²) in [6.07, 6.45) is 6.36. The van der Waals surface area contributed by atoms with E-state index in [1.54, 1.807) is 12.3 Å². The fourth-order valence-electron chi connectivity index (χ4n) is 1.93. The number of unbranched alkanes of at least 4 members (excludes halogenated alkanes) is 2. The van der Waals surface area contributed by atoms with E-state index in [4.69, 9.17) is 0 Å². The Labute approximate surface area is 130 Å². The quantitative estimate of drug-likeness (QED) is 0.732. The lowest BCUT2D eigenvalue weighted by Gasteiger charge is -2.07. The number of hydrogen-bond acceptors (Lipinski definition) is 5. The van der Waals surface area contributed by atoms with Gasteiger partial charge in [0, 0.05) is 18.8 Å². The summed E-state index contributed by atoms with van der Waals surface area (Å²) >= 11 is 0. The van der Waals surface area contributed by atoms with Crippen LogP contribution in [0.5, 0.6) is 0 Å². The first-order valence-electron chi connectivity index (χ1n) is 7.53. The third-order valence-electron chi connectivity index (χ3n) is 3.14. The van der Waals surface area contributed by atoms with Crippen molar-refractivity contribution in [3.63, 3.8) is 0 Å². The average molecular weight is 299 g/mol. The van der Waals surface area contributed by atoms with E-state index < -0.39 is 0 Å². The second kappa shape index (κ2) is 8.71. The maximum absolute atomic E-state index is 12.0. The molecule has 0 radical (unpaired) electrons. The highest BCUT2D eigenvalue weighted by Gasteiger charge is 2.08. The zero-order chi connectivity index (χ0) is 15.6. The fourth-order valence-corrected chi connectivity index (χ4v) is 1.93. The molecule has 0 saturated heterocycles. The van der Waals surface area contributed by atoms with Crippen molar-refractivity contribution < 1.29 is 4.79 Å². The Bertz CT molecular complexity index is 588. The molecule has 0 atom stereocenters. The SMILES string of the molecule is CCCCCNC(=O)c1cc(NCc2ccccn2)ncn1. The molecule has 2 aromatic rings. The van der Waals surface area contributed by atoms with Crippen molar-refractivity contribution in [2.45, 2.75) is 32.7 Å². The normalized spacial score (nSPS) is 10.2. The molecule has 0 aromatic carbocycles. The lowest BCUT2D eigenvalue weighted by Crippen LogP contribution is -2.25. The van der Waals surface area contributed by atoms with Crippen LogP contribution in [0.2, 0.25) is 0 Å². The molecule has 6 heteroatoms. The van der Waals surface area contributed by atoms with Crippen molar-refractivity contribution in [2.24, 2.45) is 0 Å². The van der Waals surface area contributed by atoms with Crippen LogP contribution in [-0.2, 0) is 6.54 Å². The minimum atomic E-state index is -0.167. The maximum atomic E-state index is 12.0. The first-order chi connectivity index (χ1) is 10.8. The van der Waals surface area contributed by atoms with E-state index in [2.05, 4.69) is 32.5 Å². The van der Waals surface area contributed by atoms with Crippen LogP contribution in [0, 0.1) is 0 Å². The van der Waals surface area contributed by atoms with Crippen LogP contribution in [0.3, 0.4) is 0 Å². The molecule has 0 fully saturated rings. The number of carbonyl (C=O) groups excluding carboxylic acids is 1. The van der Waals surface area contributed by atoms with E-state index in [9.17, 15) is 4.79 Å². The molecule has 0 bridgehead atoms. The first-order valence-corrected chi connectivity index (χ1v) is 7.53. The number of rotatable bonds is 8. The Balaban J connectivity index is 1.87. The van der Waals surface area contributed by atoms with Crippen LogP contribution < -0.4 is 10.6 Å². The van der Waals surface area contributed by atoms with Crippen molar-refractivity contribution in [2.75, 3.05) is 11.9 Å². The van der Waals surface area contributed by atoms with Crippen molar-refractivity contribution in [3.05, 3.63) is 48.2 Å². The van der Waals surface area contributed by atoms with Crippen LogP contribution in [0.4, 0.5) is 5.82 Å². The summed E-state index contributed by atoms with van der Waals surface area (Å²) in [5.74, 6) is 0.443. The summed E-state index contributed by atoms with van der Waals surface area (Å²) in [6.45, 7) is 3.36. The molecule has 116 valence electrons. The molecule has 1 amide bonds. The van der Waals surface area contributed by atoms with Gasteiger partial charge in [-0.1, -0.05) is 25.8 Å². The fraction of sp³-hybridized carbons (Fsp3) is 0.375. The number of amides is 1. The van der Waals surface area contributed by atoms with Gasteiger partial charge < -0.3 is 10.6 Å². The molecule has 6 nitrogen and oxygen atoms in total. The van der Waals surface area contributed by atoms with Gasteiger partial charge in [-0.15, -0.1) is 0 Å². The van der Waals surface area contributed by atoms with Crippen LogP contribution in [-0.4, -0.2) is 27.4 Å². The number of anilines is 1. The number of hydrogen-bond donors (Lipinski definition) is 2. The monoisotopic (exact) mass is 299 g/mol. The minimum absolute atomic E-state index is 0.167. The predicted octanol–water partition coefficient (Wildman–Crippen LogP) is 2.40. The number of pyridine rings is 1. The van der Waals surface area contributed by atoms with Gasteiger partial charge >= 0.3 is 0 Å². The highest BCUT2D eigenvalue weighted by molar-refractivity contribution is 5.92. The molecule has 0 saturated carbocycles. The third-order valence-corrected chi connectivity index (χ3v) is 3.14. The Kier molecular flexibility index (Phi) is 6.29. The van der Waals surface area contributed by atoms with Gasteiger partial charge in [0.25, 0.3) is 5.91 Å². The standard InChI is InChI=1S/C16H21N5O/c1-2-3-5-9-18-16(22)14-10-15(21-12-20-14)19-11-13-7-4-6-8-17-13/h4,6-8,10,12H,2-3,5,9,11H2,1H3,(H,18,22)(H,19,20,21). The number of aromatic nitrogens is 3. The Morgan fingerprint density at radius 3 is 2.86 bits per heavy atom. The summed E-state index contributed by atoms with van der Waals surface area (Å²) in [5.41, 5.74) is 1.28. The van der Waals surface area contributed by atoms with Crippen molar-refractivity contribution in [3.8, 4) is 0 Å². The molecule has 2 heterocycles. The molecule has 22 heavy (non-hydrogen) atoms. The maximum Gasteiger partial charge on any atom is 0.270 e. The average Bonchev–Trinajstić information content (AvgIpc) is 2.58. The van der Waals surface area contributed by atoms with E-state index >= 15 is 0 Å². The predicted molar refractivity (Wildman–Crippen MR) is 85.5 cm³/mol. The van der Waals surface area contributed by atoms with E-state index in [0.29, 0.717) is 24.6 Å². The lowest BCUT2D eigenvalue weighted by molar-refractivity contribution is 0.0948. The van der Waals surface area contributed by atoms with Crippen LogP contribution in [0.15, 0.2) is 36.8 Å². The second-order valence-corrected chi connectivity index (χ2v) is 4.93. The van der Waals surface area contributed by atoms with Crippen LogP contribution in [0.1, 0.15) is 42.4 Å². The third kappa shape index (κ3) is 5.12. The van der Waals surface area contributed by atoms with Gasteiger partial charge in [-0.25, -0.2) is 9.97 Å². The molecular weight excluding hydrogens is 278 g/mol. The Morgan fingerprint density at radius 1 is 1.18 bits per heavy atom. The summed E-state index contributed by atoms with van der Waals surface area (Å²) in [7, 11) is 0. The Morgan fingerprint density at radius 2 is 2.09 bits per heavy atom. The van der Waals surface area contributed by atoms with Crippen LogP contribution in [0.25, 0.3) is 0 Å². The minimum Gasteiger partial charge on any atom is -0.364 e. The van der Waals surface area contributed by atoms with Gasteiger partial charge in [0.1, 0.15) is 17.8 Å². The molecule has 0 spiro atoms. The number of nitrogens with one attached hydrogen (secondary N) is 2. The van der Waals surface area contributed by atoms with Gasteiger partial charge in [-0.05, 0) is 18.6 Å². The van der Waals surface area contributed by atoms with Gasteiger partial charge in [0.05, 0.1) is 12.2 Å². The van der Waals surface area contributed by atoms with Crippen molar-refractivity contribution in [1.29, 1.82) is 0 Å². The zero-order valence-electron chi connectivity index (χ0n) is 12.7. The van der Waals surface area contributed by atoms with Gasteiger partial charge in [0.2, 0.25) is 0 Å². The molecule has 0 aliphatic rings. The number of carbonyl (C=O) groups is 1. The van der Waals surface area contributed by atoms with E-state index in [0.717, 1.165) is 25.0 Å². The first kappa shape index (κ1) is 15.9. The van der Waals surface area contributed by atoms with Crippen molar-refractivity contribution >= 4 is 11.7 Å². The highest BCUT2D eigenvalue weighted by atomic mass is 16.1. The smallest absolute Gasteiger partial charge is 0.270 e. The van der Waals surface area contributed by atoms with Gasteiger partial charge in [-0.3, -0.25) is 9.78 Å². The van der Waals surface area contributed by atoms with Gasteiger partial charge in [0.15, 0.2) is 0 Å². The largest absolute Gasteiger partial charge is 0.364 e. The molecule has 2 aromatic heterocycles. The summed E-state index contributed by atoms with van der Waals surface area (Å²) < 4.78 is 0. The molecule has 0 aliphatic carbocycles. The molecule has 2 rings (SSSR count).